The van der Waals surface area contributed by atoms with Gasteiger partial charge in [0.1, 0.15) is 0 Å². The van der Waals surface area contributed by atoms with Crippen molar-refractivity contribution in [1.29, 1.82) is 0 Å². The molecule has 0 aliphatic heterocycles. The Morgan fingerprint density at radius 2 is 0.391 bits per heavy atom. The number of benzene rings is 14. The van der Waals surface area contributed by atoms with Crippen LogP contribution in [0.25, 0.3) is 75.4 Å². The molecule has 0 heterocycles. The first-order valence-electron chi connectivity index (χ1n) is 32.9. The normalized spacial score (nSPS) is 10.7. The lowest BCUT2D eigenvalue weighted by atomic mass is 9.95. The topological polar surface area (TPSA) is 0 Å². The van der Waals surface area contributed by atoms with E-state index in [0.717, 1.165) is 0 Å². The molecule has 0 amide bonds. The second-order valence-electron chi connectivity index (χ2n) is 26.9. The molecule has 0 fully saturated rings. The number of hydrogen-bond acceptors (Lipinski definition) is 0. The lowest BCUT2D eigenvalue weighted by Crippen LogP contribution is -1.87. The minimum absolute atomic E-state index is 1.33. The molecule has 0 radical (unpaired) electrons. The third kappa shape index (κ3) is 17.5. The van der Waals surface area contributed by atoms with Gasteiger partial charge in [0.25, 0.3) is 0 Å². The molecule has 0 bridgehead atoms. The van der Waals surface area contributed by atoms with Gasteiger partial charge in [-0.2, -0.15) is 0 Å². The molecule has 0 unspecified atom stereocenters. The Kier molecular flexibility index (Phi) is 22.7. The zero-order chi connectivity index (χ0) is 66.8. The molecule has 14 aromatic rings. The smallest absolute Gasteiger partial charge is 0.0123 e. The minimum Gasteiger partial charge on any atom is -0.0614 e. The predicted molar refractivity (Wildman–Crippen MR) is 412 cm³/mol. The molecular formula is C92H100. The molecule has 0 atom stereocenters. The van der Waals surface area contributed by atoms with Crippen molar-refractivity contribution in [3.05, 3.63) is 329 Å². The van der Waals surface area contributed by atoms with Crippen LogP contribution in [0.15, 0.2) is 206 Å². The number of hydrogen-bond donors (Lipinski definition) is 0. The summed E-state index contributed by atoms with van der Waals surface area (Å²) in [6.07, 6.45) is 0. The van der Waals surface area contributed by atoms with Gasteiger partial charge in [0.05, 0.1) is 0 Å². The summed E-state index contributed by atoms with van der Waals surface area (Å²) in [5.41, 5.74) is 29.8. The van der Waals surface area contributed by atoms with Gasteiger partial charge in [-0.25, -0.2) is 0 Å². The SMILES string of the molecule is Cc1cc(C)c2c(C)ccc(C)c2c1.Cc1cc(C)c2cc(C)ccc2c1.Cc1cc(C)c2cc(C)ccc2c1.Cc1cc(C)c2cccc(C)c2c1.Cc1ccc2c(C)cc(C)cc2c1.Cc1ccc2c(C)cc(C)cc2c1.Cc1ccc2c(C)ccc(C)c2c1. The highest BCUT2D eigenvalue weighted by Crippen LogP contribution is 2.30. The van der Waals surface area contributed by atoms with Crippen molar-refractivity contribution in [2.45, 2.75) is 152 Å². The van der Waals surface area contributed by atoms with Crippen molar-refractivity contribution in [3.63, 3.8) is 0 Å². The summed E-state index contributed by atoms with van der Waals surface area (Å²) < 4.78 is 0. The van der Waals surface area contributed by atoms with Crippen molar-refractivity contribution in [2.24, 2.45) is 0 Å². The molecule has 0 saturated carbocycles. The average molecular weight is 1210 g/mol. The van der Waals surface area contributed by atoms with E-state index in [1.54, 1.807) is 0 Å². The average Bonchev–Trinajstić information content (AvgIpc) is 0.846. The van der Waals surface area contributed by atoms with Gasteiger partial charge in [0, 0.05) is 0 Å². The number of rotatable bonds is 0. The summed E-state index contributed by atoms with van der Waals surface area (Å²) in [5.74, 6) is 0. The third-order valence-electron chi connectivity index (χ3n) is 17.9. The third-order valence-corrected chi connectivity index (χ3v) is 17.9. The van der Waals surface area contributed by atoms with Gasteiger partial charge in [0.2, 0.25) is 0 Å². The lowest BCUT2D eigenvalue weighted by Gasteiger charge is -2.09. The maximum absolute atomic E-state index is 2.28. The lowest BCUT2D eigenvalue weighted by molar-refractivity contribution is 1.38. The first-order chi connectivity index (χ1) is 43.6. The molecule has 0 saturated heterocycles. The van der Waals surface area contributed by atoms with Gasteiger partial charge in [-0.15, -0.1) is 0 Å². The highest BCUT2D eigenvalue weighted by atomic mass is 14.1. The van der Waals surface area contributed by atoms with Crippen molar-refractivity contribution in [1.82, 2.24) is 0 Å². The molecule has 468 valence electrons. The Hall–Kier alpha value is -9.10. The number of aryl methyl sites for hydroxylation is 22. The maximum Gasteiger partial charge on any atom is -0.0123 e. The van der Waals surface area contributed by atoms with E-state index < -0.39 is 0 Å². The summed E-state index contributed by atoms with van der Waals surface area (Å²) >= 11 is 0. The van der Waals surface area contributed by atoms with Crippen LogP contribution in [0.2, 0.25) is 0 Å². The molecular weight excluding hydrogens is 1110 g/mol. The zero-order valence-corrected chi connectivity index (χ0v) is 59.6. The predicted octanol–water partition coefficient (Wildman–Crippen LogP) is 26.7. The molecule has 0 aliphatic carbocycles. The van der Waals surface area contributed by atoms with Crippen LogP contribution in [0.3, 0.4) is 0 Å². The fourth-order valence-electron chi connectivity index (χ4n) is 13.3. The summed E-state index contributed by atoms with van der Waals surface area (Å²) in [4.78, 5) is 0. The van der Waals surface area contributed by atoms with Gasteiger partial charge in [-0.3, -0.25) is 0 Å². The molecule has 0 spiro atoms. The van der Waals surface area contributed by atoms with Gasteiger partial charge in [-0.1, -0.05) is 267 Å². The van der Waals surface area contributed by atoms with Crippen LogP contribution in [-0.4, -0.2) is 0 Å². The van der Waals surface area contributed by atoms with E-state index in [2.05, 4.69) is 359 Å². The van der Waals surface area contributed by atoms with Crippen LogP contribution in [0.4, 0.5) is 0 Å². The molecule has 92 heavy (non-hydrogen) atoms. The van der Waals surface area contributed by atoms with Gasteiger partial charge >= 0.3 is 0 Å². The van der Waals surface area contributed by atoms with Crippen molar-refractivity contribution < 1.29 is 0 Å². The molecule has 0 N–H and O–H groups in total. The highest BCUT2D eigenvalue weighted by molar-refractivity contribution is 5.93. The van der Waals surface area contributed by atoms with E-state index >= 15 is 0 Å². The van der Waals surface area contributed by atoms with Gasteiger partial charge in [0.15, 0.2) is 0 Å². The molecule has 14 aromatic carbocycles. The van der Waals surface area contributed by atoms with Gasteiger partial charge < -0.3 is 0 Å². The van der Waals surface area contributed by atoms with E-state index in [0.29, 0.717) is 0 Å². The van der Waals surface area contributed by atoms with Crippen molar-refractivity contribution >= 4 is 75.4 Å². The second kappa shape index (κ2) is 30.3. The Labute approximate surface area is 553 Å². The van der Waals surface area contributed by atoms with Crippen LogP contribution in [0.1, 0.15) is 122 Å². The second-order valence-corrected chi connectivity index (χ2v) is 26.9. The fraction of sp³-hybridized carbons (Fsp3) is 0.239. The fourth-order valence-corrected chi connectivity index (χ4v) is 13.3. The summed E-state index contributed by atoms with van der Waals surface area (Å²) in [7, 11) is 0. The maximum atomic E-state index is 2.28. The van der Waals surface area contributed by atoms with E-state index in [9.17, 15) is 0 Å². The number of fused-ring (bicyclic) bond motifs is 7. The van der Waals surface area contributed by atoms with E-state index in [1.807, 2.05) is 0 Å². The Balaban J connectivity index is 0.000000138. The summed E-state index contributed by atoms with van der Waals surface area (Å²) in [5, 5.41) is 19.3. The largest absolute Gasteiger partial charge is 0.0614 e. The first-order valence-corrected chi connectivity index (χ1v) is 32.9. The van der Waals surface area contributed by atoms with Gasteiger partial charge in [-0.05, 0) is 289 Å². The molecule has 14 rings (SSSR count). The van der Waals surface area contributed by atoms with Crippen LogP contribution in [0, 0.1) is 152 Å². The Bertz CT molecular complexity index is 4760. The van der Waals surface area contributed by atoms with Crippen LogP contribution >= 0.6 is 0 Å². The van der Waals surface area contributed by atoms with Crippen LogP contribution in [0.5, 0.6) is 0 Å². The molecule has 0 heteroatoms. The monoisotopic (exact) mass is 1200 g/mol. The molecule has 0 aromatic heterocycles. The molecule has 0 nitrogen and oxygen atoms in total. The van der Waals surface area contributed by atoms with Crippen LogP contribution in [-0.2, 0) is 0 Å². The quantitative estimate of drug-likeness (QED) is 0.142. The summed E-state index contributed by atoms with van der Waals surface area (Å²) in [6, 6.07) is 75.4. The summed E-state index contributed by atoms with van der Waals surface area (Å²) in [6.45, 7) is 47.5. The van der Waals surface area contributed by atoms with Crippen LogP contribution < -0.4 is 0 Å². The van der Waals surface area contributed by atoms with Crippen molar-refractivity contribution in [2.75, 3.05) is 0 Å². The highest BCUT2D eigenvalue weighted by Gasteiger charge is 2.07. The molecule has 0 aliphatic rings. The minimum atomic E-state index is 1.33. The van der Waals surface area contributed by atoms with E-state index in [1.165, 1.54) is 198 Å². The zero-order valence-electron chi connectivity index (χ0n) is 59.6. The van der Waals surface area contributed by atoms with E-state index in [-0.39, 0.29) is 0 Å². The Morgan fingerprint density at radius 1 is 0.130 bits per heavy atom. The standard InChI is InChI=1S/C14H16.6C13H14/c1-9-7-12(4)14-11(3)6-5-10(2)13(14)8-9;1-9-4-7-12-10(2)5-6-11(3)13(12)8-9;2*1-9-4-5-12-7-10(2)6-11(3)13(12)8-9;2*1-9-4-5-13-11(3)6-10(2)8-12(13)7-9;1-9-7-11(3)12-6-4-5-10(2)13(12)8-9/h5-8H,1-4H3;6*4-8H,1-3H3. The first kappa shape index (κ1) is 68.8. The Morgan fingerprint density at radius 3 is 0.837 bits per heavy atom. The van der Waals surface area contributed by atoms with Crippen molar-refractivity contribution in [3.8, 4) is 0 Å². The van der Waals surface area contributed by atoms with E-state index in [4.69, 9.17) is 0 Å².